The van der Waals surface area contributed by atoms with Crippen molar-refractivity contribution in [2.45, 2.75) is 52.1 Å². The second kappa shape index (κ2) is 6.09. The predicted octanol–water partition coefficient (Wildman–Crippen LogP) is 1.52. The fourth-order valence-corrected chi connectivity index (χ4v) is 2.75. The molecule has 5 heteroatoms. The Morgan fingerprint density at radius 3 is 3.06 bits per heavy atom. The van der Waals surface area contributed by atoms with Crippen molar-refractivity contribution in [3.05, 3.63) is 11.9 Å². The van der Waals surface area contributed by atoms with Gasteiger partial charge < -0.3 is 5.73 Å². The number of ketones is 1. The van der Waals surface area contributed by atoms with E-state index in [9.17, 15) is 4.79 Å². The number of carbonyl (C=O) groups excluding carboxylic acids is 1. The van der Waals surface area contributed by atoms with Gasteiger partial charge >= 0.3 is 0 Å². The molecule has 0 amide bonds. The molecule has 2 N–H and O–H groups in total. The molecule has 5 nitrogen and oxygen atoms in total. The highest BCUT2D eigenvalue weighted by Crippen LogP contribution is 2.31. The largest absolute Gasteiger partial charge is 0.325 e. The normalized spacial score (nSPS) is 24.1. The summed E-state index contributed by atoms with van der Waals surface area (Å²) in [7, 11) is 0. The maximum Gasteiger partial charge on any atom is 0.157 e. The standard InChI is InChI=1S/C13H22N4O/c1-2-10-4-3-5-11(6-10)13(18)9-17-8-12(7-14)15-16-17/h8,10-11H,2-7,9,14H2,1H3. The molecule has 1 aromatic rings. The lowest BCUT2D eigenvalue weighted by atomic mass is 9.78. The Labute approximate surface area is 108 Å². The lowest BCUT2D eigenvalue weighted by Gasteiger charge is -2.27. The van der Waals surface area contributed by atoms with Gasteiger partial charge in [0.25, 0.3) is 0 Å². The summed E-state index contributed by atoms with van der Waals surface area (Å²) in [5, 5.41) is 7.83. The Morgan fingerprint density at radius 2 is 2.39 bits per heavy atom. The smallest absolute Gasteiger partial charge is 0.157 e. The van der Waals surface area contributed by atoms with Gasteiger partial charge in [0, 0.05) is 12.5 Å². The van der Waals surface area contributed by atoms with E-state index in [1.54, 1.807) is 10.9 Å². The summed E-state index contributed by atoms with van der Waals surface area (Å²) in [6, 6.07) is 0. The topological polar surface area (TPSA) is 73.8 Å². The molecule has 0 aliphatic heterocycles. The van der Waals surface area contributed by atoms with Crippen LogP contribution in [-0.4, -0.2) is 20.8 Å². The van der Waals surface area contributed by atoms with Crippen LogP contribution in [0, 0.1) is 11.8 Å². The highest BCUT2D eigenvalue weighted by molar-refractivity contribution is 5.80. The molecular formula is C13H22N4O. The lowest BCUT2D eigenvalue weighted by molar-refractivity contribution is -0.125. The molecule has 0 radical (unpaired) electrons. The van der Waals surface area contributed by atoms with Gasteiger partial charge in [-0.3, -0.25) is 4.79 Å². The molecule has 1 aliphatic rings. The van der Waals surface area contributed by atoms with Gasteiger partial charge in [-0.25, -0.2) is 4.68 Å². The summed E-state index contributed by atoms with van der Waals surface area (Å²) in [5.41, 5.74) is 6.21. The summed E-state index contributed by atoms with van der Waals surface area (Å²) in [5.74, 6) is 1.24. The number of aromatic nitrogens is 3. The maximum absolute atomic E-state index is 12.2. The van der Waals surface area contributed by atoms with Gasteiger partial charge in [0.1, 0.15) is 6.54 Å². The molecule has 0 bridgehead atoms. The maximum atomic E-state index is 12.2. The number of nitrogens with two attached hydrogens (primary N) is 1. The van der Waals surface area contributed by atoms with Gasteiger partial charge in [0.15, 0.2) is 5.78 Å². The van der Waals surface area contributed by atoms with Crippen molar-refractivity contribution in [3.63, 3.8) is 0 Å². The number of hydrogen-bond acceptors (Lipinski definition) is 4. The summed E-state index contributed by atoms with van der Waals surface area (Å²) in [4.78, 5) is 12.2. The first-order chi connectivity index (χ1) is 8.72. The van der Waals surface area contributed by atoms with Gasteiger partial charge in [0.05, 0.1) is 11.9 Å². The van der Waals surface area contributed by atoms with Gasteiger partial charge in [-0.1, -0.05) is 31.4 Å². The highest BCUT2D eigenvalue weighted by Gasteiger charge is 2.26. The van der Waals surface area contributed by atoms with Crippen LogP contribution in [0.5, 0.6) is 0 Å². The fraction of sp³-hybridized carbons (Fsp3) is 0.769. The van der Waals surface area contributed by atoms with Crippen molar-refractivity contribution in [3.8, 4) is 0 Å². The third-order valence-electron chi connectivity index (χ3n) is 3.93. The Hall–Kier alpha value is -1.23. The van der Waals surface area contributed by atoms with E-state index in [0.717, 1.165) is 24.5 Å². The molecule has 0 aromatic carbocycles. The quantitative estimate of drug-likeness (QED) is 0.860. The Morgan fingerprint density at radius 1 is 1.56 bits per heavy atom. The van der Waals surface area contributed by atoms with Crippen molar-refractivity contribution >= 4 is 5.78 Å². The van der Waals surface area contributed by atoms with E-state index in [2.05, 4.69) is 17.2 Å². The van der Waals surface area contributed by atoms with Gasteiger partial charge in [0.2, 0.25) is 0 Å². The minimum atomic E-state index is 0.217. The Balaban J connectivity index is 1.90. The van der Waals surface area contributed by atoms with E-state index in [0.29, 0.717) is 18.9 Å². The zero-order valence-corrected chi connectivity index (χ0v) is 11.0. The van der Waals surface area contributed by atoms with Crippen LogP contribution in [0.2, 0.25) is 0 Å². The van der Waals surface area contributed by atoms with Crippen molar-refractivity contribution in [1.29, 1.82) is 0 Å². The second-order valence-electron chi connectivity index (χ2n) is 5.22. The molecule has 1 fully saturated rings. The van der Waals surface area contributed by atoms with Crippen LogP contribution in [0.4, 0.5) is 0 Å². The number of Topliss-reactive ketones (excluding diaryl/α,β-unsaturated/α-hetero) is 1. The molecule has 0 saturated heterocycles. The summed E-state index contributed by atoms with van der Waals surface area (Å²) >= 11 is 0. The van der Waals surface area contributed by atoms with Crippen molar-refractivity contribution in [1.82, 2.24) is 15.0 Å². The monoisotopic (exact) mass is 250 g/mol. The van der Waals surface area contributed by atoms with Gasteiger partial charge in [-0.2, -0.15) is 0 Å². The third kappa shape index (κ3) is 3.16. The van der Waals surface area contributed by atoms with Crippen molar-refractivity contribution < 1.29 is 4.79 Å². The van der Waals surface area contributed by atoms with E-state index in [4.69, 9.17) is 5.73 Å². The molecule has 100 valence electrons. The molecular weight excluding hydrogens is 228 g/mol. The van der Waals surface area contributed by atoms with Crippen LogP contribution < -0.4 is 5.73 Å². The zero-order chi connectivity index (χ0) is 13.0. The van der Waals surface area contributed by atoms with Crippen LogP contribution in [0.1, 0.15) is 44.7 Å². The van der Waals surface area contributed by atoms with Crippen LogP contribution in [0.15, 0.2) is 6.20 Å². The van der Waals surface area contributed by atoms with E-state index in [1.165, 1.54) is 19.3 Å². The number of rotatable bonds is 5. The van der Waals surface area contributed by atoms with Gasteiger partial charge in [-0.15, -0.1) is 5.10 Å². The van der Waals surface area contributed by atoms with Crippen LogP contribution in [0.25, 0.3) is 0 Å². The van der Waals surface area contributed by atoms with Crippen LogP contribution >= 0.6 is 0 Å². The molecule has 1 aromatic heterocycles. The molecule has 0 spiro atoms. The van der Waals surface area contributed by atoms with Crippen molar-refractivity contribution in [2.24, 2.45) is 17.6 Å². The van der Waals surface area contributed by atoms with Crippen LogP contribution in [0.3, 0.4) is 0 Å². The minimum Gasteiger partial charge on any atom is -0.325 e. The Bertz CT molecular complexity index is 401. The zero-order valence-electron chi connectivity index (χ0n) is 11.0. The van der Waals surface area contributed by atoms with E-state index in [-0.39, 0.29) is 5.92 Å². The predicted molar refractivity (Wildman–Crippen MR) is 68.7 cm³/mol. The van der Waals surface area contributed by atoms with Crippen LogP contribution in [-0.2, 0) is 17.9 Å². The minimum absolute atomic E-state index is 0.217. The summed E-state index contributed by atoms with van der Waals surface area (Å²) in [6.45, 7) is 2.92. The van der Waals surface area contributed by atoms with E-state index < -0.39 is 0 Å². The van der Waals surface area contributed by atoms with E-state index in [1.807, 2.05) is 0 Å². The first-order valence-electron chi connectivity index (χ1n) is 6.84. The molecule has 2 rings (SSSR count). The molecule has 1 aliphatic carbocycles. The fourth-order valence-electron chi connectivity index (χ4n) is 2.75. The number of carbonyl (C=O) groups is 1. The SMILES string of the molecule is CCC1CCCC(C(=O)Cn2cc(CN)nn2)C1. The first-order valence-corrected chi connectivity index (χ1v) is 6.84. The molecule has 1 saturated carbocycles. The summed E-state index contributed by atoms with van der Waals surface area (Å²) in [6.07, 6.45) is 7.49. The molecule has 18 heavy (non-hydrogen) atoms. The van der Waals surface area contributed by atoms with Crippen molar-refractivity contribution in [2.75, 3.05) is 0 Å². The average Bonchev–Trinajstić information content (AvgIpc) is 2.86. The lowest BCUT2D eigenvalue weighted by Crippen LogP contribution is -2.26. The molecule has 2 atom stereocenters. The number of hydrogen-bond donors (Lipinski definition) is 1. The highest BCUT2D eigenvalue weighted by atomic mass is 16.1. The molecule has 1 heterocycles. The number of nitrogens with zero attached hydrogens (tertiary/aromatic N) is 3. The third-order valence-corrected chi connectivity index (χ3v) is 3.93. The molecule has 2 unspecified atom stereocenters. The first kappa shape index (κ1) is 13.2. The van der Waals surface area contributed by atoms with Gasteiger partial charge in [-0.05, 0) is 18.8 Å². The average molecular weight is 250 g/mol. The Kier molecular flexibility index (Phi) is 4.47. The summed E-state index contributed by atoms with van der Waals surface area (Å²) < 4.78 is 1.61. The van der Waals surface area contributed by atoms with E-state index >= 15 is 0 Å². The second-order valence-corrected chi connectivity index (χ2v) is 5.22.